The molecule has 0 radical (unpaired) electrons. The number of ether oxygens (including phenoxy) is 3. The number of nitrogens with zero attached hydrogens (tertiary/aromatic N) is 5. The molecule has 2 aromatic carbocycles. The first-order valence-electron chi connectivity index (χ1n) is 44.5. The summed E-state index contributed by atoms with van der Waals surface area (Å²) in [6.45, 7) is 38.0. The summed E-state index contributed by atoms with van der Waals surface area (Å²) in [4.78, 5) is 102. The number of primary amides is 3. The van der Waals surface area contributed by atoms with E-state index in [1.807, 2.05) is 42.3 Å². The average molecular weight is 2380 g/mol. The molecule has 1 fully saturated rings. The summed E-state index contributed by atoms with van der Waals surface area (Å²) in [6.07, 6.45) is 0.363. The van der Waals surface area contributed by atoms with Crippen LogP contribution in [-0.2, 0) is 102 Å². The van der Waals surface area contributed by atoms with Crippen LogP contribution in [0.1, 0.15) is 176 Å². The van der Waals surface area contributed by atoms with E-state index in [9.17, 15) is 90.0 Å². The van der Waals surface area contributed by atoms with E-state index in [2.05, 4.69) is 80.8 Å². The van der Waals surface area contributed by atoms with Crippen molar-refractivity contribution >= 4 is 172 Å². The van der Waals surface area contributed by atoms with E-state index in [0.717, 1.165) is 47.1 Å². The molecule has 1 saturated heterocycles. The van der Waals surface area contributed by atoms with Crippen LogP contribution in [-0.4, -0.2) is 346 Å². The zero-order valence-electron chi connectivity index (χ0n) is 88.5. The number of rotatable bonds is 57. The summed E-state index contributed by atoms with van der Waals surface area (Å²) in [7, 11) is -21.8. The number of aromatic nitrogens is 4. The Bertz CT molecular complexity index is 4580. The summed E-state index contributed by atoms with van der Waals surface area (Å²) in [5.74, 6) is 3.02. The topological polar surface area (TPSA) is 768 Å². The number of piperidine rings is 1. The van der Waals surface area contributed by atoms with Gasteiger partial charge < -0.3 is 107 Å². The number of hydroxylamine groups is 2. The number of nitrogens with two attached hydrogens (primary N) is 6. The van der Waals surface area contributed by atoms with Crippen molar-refractivity contribution < 1.29 is 333 Å². The van der Waals surface area contributed by atoms with Crippen LogP contribution < -0.4 is 223 Å². The maximum Gasteiger partial charge on any atom is 1.00 e. The Labute approximate surface area is 1040 Å². The van der Waals surface area contributed by atoms with Gasteiger partial charge in [0, 0.05) is 139 Å². The number of nitrogens with one attached hydrogen (secondary N) is 1. The second-order valence-electron chi connectivity index (χ2n) is 37.2. The first-order chi connectivity index (χ1) is 64.5. The minimum atomic E-state index is -4.55. The SMILES string of the molecule is CC(C)(CSCC(O)CO)C(=O)OCCCS(=O)(=O)[O-].CC(C)(CSCC(O)CO)C(=O)OCCOP(=O)(O)O.CC(C)(CSCCN)C(=O)OCCCS(=O)(=O)[O-].CC(CSC(C)(C)CN)c1ccc(S(=O)(=O)[O-])cc1.CC(CSCCN)C(N)=O.CC(CSCCO)C(N)=O.CC(CSc1nnnn1-c1ccccc1)C(N)=O.CC1CC(C)(C)N(OCC(C)C(=O)NC(C)(C)CS(=O)(=O)[O-])C(C)(C)C1.[K+].[K+].[K+].[Na+]. The van der Waals surface area contributed by atoms with Crippen molar-refractivity contribution in [2.24, 2.45) is 80.2 Å². The number of para-hydroxylation sites is 1. The first kappa shape index (κ1) is 162. The summed E-state index contributed by atoms with van der Waals surface area (Å²) < 4.78 is 158. The van der Waals surface area contributed by atoms with Crippen molar-refractivity contribution in [3.63, 3.8) is 0 Å². The number of benzene rings is 2. The van der Waals surface area contributed by atoms with Crippen molar-refractivity contribution in [3.8, 4) is 5.69 Å². The maximum atomic E-state index is 12.4. The number of thioether (sulfide) groups is 7. The average Bonchev–Trinajstić information content (AvgIpc) is 1.13. The van der Waals surface area contributed by atoms with Crippen LogP contribution in [0, 0.1) is 45.8 Å². The molecule has 2 heterocycles. The number of aliphatic hydroxyl groups excluding tert-OH is 5. The van der Waals surface area contributed by atoms with E-state index < -0.39 is 123 Å². The molecule has 0 spiro atoms. The number of aliphatic hydroxyl groups is 5. The number of esters is 3. The number of hydrogen-bond acceptors (Lipinski definition) is 44. The zero-order valence-corrected chi connectivity index (χ0v) is 110. The van der Waals surface area contributed by atoms with Crippen LogP contribution in [0.5, 0.6) is 0 Å². The number of phosphoric ester groups is 1. The van der Waals surface area contributed by atoms with Crippen molar-refractivity contribution in [2.45, 2.75) is 214 Å². The molecule has 60 heteroatoms. The molecule has 0 saturated carbocycles. The van der Waals surface area contributed by atoms with Crippen LogP contribution in [0.3, 0.4) is 0 Å². The minimum Gasteiger partial charge on any atom is -0.748 e. The van der Waals surface area contributed by atoms with Crippen LogP contribution in [0.25, 0.3) is 5.69 Å². The number of hydrogen-bond donors (Lipinski definition) is 14. The molecule has 1 aliphatic rings. The summed E-state index contributed by atoms with van der Waals surface area (Å²) in [5, 5.41) is 60.8. The fourth-order valence-electron chi connectivity index (χ4n) is 11.2. The summed E-state index contributed by atoms with van der Waals surface area (Å²) in [5.41, 5.74) is 29.8. The van der Waals surface area contributed by atoms with Crippen molar-refractivity contribution in [3.05, 3.63) is 60.2 Å². The number of amides is 4. The van der Waals surface area contributed by atoms with Gasteiger partial charge in [0.2, 0.25) is 28.8 Å². The minimum absolute atomic E-state index is 0. The van der Waals surface area contributed by atoms with Gasteiger partial charge in [-0.25, -0.2) is 38.2 Å². The zero-order chi connectivity index (χ0) is 110. The van der Waals surface area contributed by atoms with Gasteiger partial charge in [0.15, 0.2) is 0 Å². The third kappa shape index (κ3) is 85.2. The molecule has 0 aliphatic carbocycles. The van der Waals surface area contributed by atoms with E-state index in [1.165, 1.54) is 73.0 Å². The van der Waals surface area contributed by atoms with Gasteiger partial charge in [0.25, 0.3) is 0 Å². The number of carbonyl (C=O) groups excluding carboxylic acids is 7. The van der Waals surface area contributed by atoms with E-state index in [4.69, 9.17) is 88.8 Å². The quantitative estimate of drug-likeness (QED) is 0.00475. The van der Waals surface area contributed by atoms with Gasteiger partial charge >= 0.3 is 209 Å². The van der Waals surface area contributed by atoms with Gasteiger partial charge in [-0.15, -0.1) is 5.10 Å². The molecule has 3 aromatic rings. The van der Waals surface area contributed by atoms with Crippen molar-refractivity contribution in [2.75, 3.05) is 159 Å². The molecule has 44 nitrogen and oxygen atoms in total. The Morgan fingerprint density at radius 2 is 0.959 bits per heavy atom. The number of phosphoric acid groups is 1. The smallest absolute Gasteiger partial charge is 0.748 e. The van der Waals surface area contributed by atoms with Crippen LogP contribution >= 0.6 is 90.2 Å². The third-order valence-electron chi connectivity index (χ3n) is 18.7. The van der Waals surface area contributed by atoms with E-state index >= 15 is 0 Å². The molecule has 20 N–H and O–H groups in total. The Morgan fingerprint density at radius 3 is 1.33 bits per heavy atom. The van der Waals surface area contributed by atoms with E-state index in [-0.39, 0.29) is 317 Å². The second kappa shape index (κ2) is 82.9. The fourth-order valence-corrected chi connectivity index (χ4v) is 20.6. The van der Waals surface area contributed by atoms with Crippen LogP contribution in [0.15, 0.2) is 64.6 Å². The van der Waals surface area contributed by atoms with Crippen LogP contribution in [0.2, 0.25) is 0 Å². The molecule has 4 rings (SSSR count). The Morgan fingerprint density at radius 1 is 0.559 bits per heavy atom. The van der Waals surface area contributed by atoms with Gasteiger partial charge in [-0.3, -0.25) is 42.9 Å². The van der Waals surface area contributed by atoms with Crippen molar-refractivity contribution in [1.82, 2.24) is 30.6 Å². The standard InChI is InChI=1S/C18H36N2O5S.C13H21NO3S2.C11H13N5OS.C11H22O7S2.C10H21NO5S2.C10H21O8PS.C6H14N2OS.C6H13NO2S.3K.Na/c1-13-9-17(5,6)20(18(7,8)10-13)25-11-14(2)15(21)19-16(3,4)12-26(22,23)24;1-10(8-18-13(2,3)9-14)11-4-6-12(7-5-11)19(15,16)17;1-8(10(12)17)7-18-11-13-14-15-16(11)9-5-3-2-4-6-9;1-11(2,8-19-7-9(13)6-12)10(14)18-4-3-5-20(15,16)17;1-10(2,8-17-6-4-11)9(12)16-5-3-7-18(13,14)15;1-10(2,7-20-6-8(12)5-11)9(13)17-3-4-18-19(14,15)16;1-5(6(8)9)4-10-3-2-7;1-5(6(7)9)4-10-3-2-8;;;;/h13-14H,9-12H2,1-8H3,(H,19,21)(H,22,23,24);4-7,10H,8-9,14H2,1-3H3,(H,15,16,17);2-6,8H,7H2,1H3,(H2,12,17);9,12-13H,3-8H2,1-2H3,(H,15,16,17);3-8,11H2,1-2H3,(H,13,14,15);8,11-12H,3-7H2,1-2H3,(H2,14,15,16);5H,2-4,7H2,1H3,(H2,8,9);5,8H,2-4H2,1H3,(H2,7,9);;;;/q;;;;;;;;4*+1/p-4. The fraction of sp³-hybridized carbons (Fsp3) is 0.765. The predicted molar refractivity (Wildman–Crippen MR) is 552 cm³/mol. The number of carbonyl (C=O) groups is 7. The van der Waals surface area contributed by atoms with Gasteiger partial charge in [-0.05, 0) is 175 Å². The van der Waals surface area contributed by atoms with E-state index in [0.29, 0.717) is 76.7 Å². The molecule has 4 amide bonds. The first-order valence-corrected chi connectivity index (χ1v) is 59.9. The molecule has 1 aromatic heterocycles. The Balaban J connectivity index is -0.000000249. The maximum absolute atomic E-state index is 12.4. The summed E-state index contributed by atoms with van der Waals surface area (Å²) >= 11 is 10.6. The molecular formula is C85H157K3N12NaO32PS11. The molecular weight excluding hydrogens is 2220 g/mol. The second-order valence-corrected chi connectivity index (χ2v) is 52.4. The molecule has 824 valence electrons. The van der Waals surface area contributed by atoms with Crippen molar-refractivity contribution in [1.29, 1.82) is 0 Å². The Kier molecular flexibility index (Phi) is 92.4. The molecule has 145 heavy (non-hydrogen) atoms. The predicted octanol–water partition coefficient (Wildman–Crippen LogP) is -7.52. The normalized spacial score (nSPS) is 14.7. The van der Waals surface area contributed by atoms with Crippen LogP contribution in [0.4, 0.5) is 0 Å². The largest absolute Gasteiger partial charge is 1.00 e. The van der Waals surface area contributed by atoms with Gasteiger partial charge in [-0.1, -0.05) is 83.6 Å². The molecule has 0 bridgehead atoms. The monoisotopic (exact) mass is 2380 g/mol. The summed E-state index contributed by atoms with van der Waals surface area (Å²) in [6, 6.07) is 15.7. The molecule has 7 atom stereocenters. The van der Waals surface area contributed by atoms with E-state index in [1.54, 1.807) is 114 Å². The third-order valence-corrected chi connectivity index (χ3v) is 32.5. The number of tetrazole rings is 1. The van der Waals surface area contributed by atoms with Gasteiger partial charge in [0.1, 0.15) is 16.7 Å². The molecule has 7 unspecified atom stereocenters. The molecule has 1 aliphatic heterocycles. The van der Waals surface area contributed by atoms with Gasteiger partial charge in [0.05, 0.1) is 127 Å². The van der Waals surface area contributed by atoms with Gasteiger partial charge in [-0.2, -0.15) is 80.3 Å². The Hall–Kier alpha value is 1.51.